The van der Waals surface area contributed by atoms with E-state index < -0.39 is 0 Å². The van der Waals surface area contributed by atoms with Crippen molar-refractivity contribution >= 4 is 0 Å². The summed E-state index contributed by atoms with van der Waals surface area (Å²) in [6, 6.07) is 9.61. The van der Waals surface area contributed by atoms with Crippen LogP contribution in [-0.4, -0.2) is 4.98 Å². The lowest BCUT2D eigenvalue weighted by molar-refractivity contribution is 0.308. The maximum atomic E-state index is 14.5. The molecule has 1 fully saturated rings. The smallest absolute Gasteiger partial charge is 0.132 e. The van der Waals surface area contributed by atoms with Crippen LogP contribution in [0.25, 0.3) is 11.3 Å². The average molecular weight is 311 g/mol. The molecule has 122 valence electrons. The molecule has 0 spiro atoms. The third kappa shape index (κ3) is 3.80. The van der Waals surface area contributed by atoms with Crippen molar-refractivity contribution in [3.63, 3.8) is 0 Å². The highest BCUT2D eigenvalue weighted by Gasteiger charge is 2.22. The van der Waals surface area contributed by atoms with Gasteiger partial charge in [-0.1, -0.05) is 31.9 Å². The Bertz CT molecular complexity index is 639. The van der Waals surface area contributed by atoms with E-state index in [9.17, 15) is 4.39 Å². The zero-order valence-corrected chi connectivity index (χ0v) is 14.2. The van der Waals surface area contributed by atoms with Crippen LogP contribution in [0.4, 0.5) is 4.39 Å². The predicted molar refractivity (Wildman–Crippen MR) is 94.0 cm³/mol. The van der Waals surface area contributed by atoms with Crippen molar-refractivity contribution < 1.29 is 4.39 Å². The lowest BCUT2D eigenvalue weighted by atomic mass is 9.77. The molecule has 0 atom stereocenters. The van der Waals surface area contributed by atoms with E-state index in [2.05, 4.69) is 18.0 Å². The minimum atomic E-state index is -0.144. The number of hydrogen-bond donors (Lipinski definition) is 0. The van der Waals surface area contributed by atoms with Crippen LogP contribution in [0.3, 0.4) is 0 Å². The van der Waals surface area contributed by atoms with Gasteiger partial charge in [-0.2, -0.15) is 0 Å². The van der Waals surface area contributed by atoms with Crippen LogP contribution < -0.4 is 0 Å². The summed E-state index contributed by atoms with van der Waals surface area (Å²) in [6.45, 7) is 4.25. The number of halogens is 1. The third-order valence-electron chi connectivity index (χ3n) is 5.20. The molecule has 1 aromatic carbocycles. The van der Waals surface area contributed by atoms with Crippen molar-refractivity contribution in [1.29, 1.82) is 0 Å². The summed E-state index contributed by atoms with van der Waals surface area (Å²) in [6.07, 6.45) is 9.40. The second kappa shape index (κ2) is 7.25. The maximum absolute atomic E-state index is 14.5. The number of aryl methyl sites for hydroxylation is 1. The van der Waals surface area contributed by atoms with Gasteiger partial charge in [0.15, 0.2) is 0 Å². The zero-order valence-electron chi connectivity index (χ0n) is 14.2. The van der Waals surface area contributed by atoms with Crippen molar-refractivity contribution in [2.24, 2.45) is 5.92 Å². The fourth-order valence-electron chi connectivity index (χ4n) is 3.81. The number of hydrogen-bond acceptors (Lipinski definition) is 1. The molecule has 3 rings (SSSR count). The van der Waals surface area contributed by atoms with Crippen LogP contribution in [0, 0.1) is 18.7 Å². The van der Waals surface area contributed by atoms with Crippen molar-refractivity contribution in [3.8, 4) is 11.3 Å². The highest BCUT2D eigenvalue weighted by Crippen LogP contribution is 2.38. The van der Waals surface area contributed by atoms with Crippen LogP contribution in [-0.2, 0) is 0 Å². The van der Waals surface area contributed by atoms with Gasteiger partial charge in [-0.05, 0) is 73.8 Å². The first-order valence-electron chi connectivity index (χ1n) is 8.90. The van der Waals surface area contributed by atoms with Crippen molar-refractivity contribution in [1.82, 2.24) is 4.98 Å². The van der Waals surface area contributed by atoms with Crippen LogP contribution in [0.15, 0.2) is 36.5 Å². The molecule has 1 aromatic heterocycles. The molecular formula is C21H26FN. The van der Waals surface area contributed by atoms with E-state index >= 15 is 0 Å². The third-order valence-corrected chi connectivity index (χ3v) is 5.20. The molecule has 1 saturated carbocycles. The molecule has 1 heterocycles. The van der Waals surface area contributed by atoms with Crippen LogP contribution in [0.5, 0.6) is 0 Å². The maximum Gasteiger partial charge on any atom is 0.132 e. The Morgan fingerprint density at radius 3 is 2.48 bits per heavy atom. The van der Waals surface area contributed by atoms with Gasteiger partial charge in [0.1, 0.15) is 5.82 Å². The molecule has 1 aliphatic rings. The quantitative estimate of drug-likeness (QED) is 0.648. The van der Waals surface area contributed by atoms with Crippen LogP contribution in [0.2, 0.25) is 0 Å². The first-order chi connectivity index (χ1) is 11.2. The van der Waals surface area contributed by atoms with Gasteiger partial charge in [0.2, 0.25) is 0 Å². The van der Waals surface area contributed by atoms with Crippen molar-refractivity contribution in [2.45, 2.75) is 58.3 Å². The number of benzene rings is 1. The van der Waals surface area contributed by atoms with Gasteiger partial charge in [0, 0.05) is 11.8 Å². The summed E-state index contributed by atoms with van der Waals surface area (Å²) in [5.74, 6) is 1.27. The van der Waals surface area contributed by atoms with Gasteiger partial charge in [0.05, 0.1) is 5.69 Å². The highest BCUT2D eigenvalue weighted by molar-refractivity contribution is 5.60. The molecule has 23 heavy (non-hydrogen) atoms. The fourth-order valence-corrected chi connectivity index (χ4v) is 3.81. The van der Waals surface area contributed by atoms with E-state index in [0.29, 0.717) is 17.2 Å². The summed E-state index contributed by atoms with van der Waals surface area (Å²) in [5, 5.41) is 0. The summed E-state index contributed by atoms with van der Waals surface area (Å²) >= 11 is 0. The monoisotopic (exact) mass is 311 g/mol. The zero-order chi connectivity index (χ0) is 16.2. The summed E-state index contributed by atoms with van der Waals surface area (Å²) in [7, 11) is 0. The van der Waals surface area contributed by atoms with Gasteiger partial charge in [-0.15, -0.1) is 0 Å². The van der Waals surface area contributed by atoms with Crippen molar-refractivity contribution in [3.05, 3.63) is 53.5 Å². The minimum Gasteiger partial charge on any atom is -0.256 e. The normalized spacial score (nSPS) is 21.3. The number of aromatic nitrogens is 1. The standard InChI is InChI=1S/C21H26FN/c1-3-4-16-6-8-17(9-7-16)18-10-11-19(20(22)13-18)21-12-5-15(2)14-23-21/h5,10-14,16-17H,3-4,6-9H2,1-2H3/t16-,17-. The molecule has 0 radical (unpaired) electrons. The van der Waals surface area contributed by atoms with Gasteiger partial charge >= 0.3 is 0 Å². The molecule has 0 unspecified atom stereocenters. The van der Waals surface area contributed by atoms with Crippen LogP contribution >= 0.6 is 0 Å². The Balaban J connectivity index is 1.74. The molecule has 0 N–H and O–H groups in total. The Hall–Kier alpha value is -1.70. The topological polar surface area (TPSA) is 12.9 Å². The second-order valence-corrected chi connectivity index (χ2v) is 6.97. The van der Waals surface area contributed by atoms with E-state index in [-0.39, 0.29) is 5.82 Å². The first-order valence-corrected chi connectivity index (χ1v) is 8.90. The molecule has 1 nitrogen and oxygen atoms in total. The van der Waals surface area contributed by atoms with Gasteiger partial charge in [0.25, 0.3) is 0 Å². The van der Waals surface area contributed by atoms with Gasteiger partial charge in [-0.25, -0.2) is 4.39 Å². The highest BCUT2D eigenvalue weighted by atomic mass is 19.1. The number of pyridine rings is 1. The van der Waals surface area contributed by atoms with E-state index in [4.69, 9.17) is 0 Å². The molecule has 1 aliphatic carbocycles. The number of rotatable bonds is 4. The molecular weight excluding hydrogens is 285 g/mol. The fraction of sp³-hybridized carbons (Fsp3) is 0.476. The summed E-state index contributed by atoms with van der Waals surface area (Å²) < 4.78 is 14.5. The van der Waals surface area contributed by atoms with E-state index in [0.717, 1.165) is 17.0 Å². The average Bonchev–Trinajstić information content (AvgIpc) is 2.57. The molecule has 0 saturated heterocycles. The largest absolute Gasteiger partial charge is 0.256 e. The Labute approximate surface area is 139 Å². The Morgan fingerprint density at radius 1 is 1.09 bits per heavy atom. The molecule has 0 aliphatic heterocycles. The Morgan fingerprint density at radius 2 is 1.87 bits per heavy atom. The van der Waals surface area contributed by atoms with E-state index in [1.54, 1.807) is 12.3 Å². The van der Waals surface area contributed by atoms with Gasteiger partial charge in [-0.3, -0.25) is 4.98 Å². The van der Waals surface area contributed by atoms with Crippen molar-refractivity contribution in [2.75, 3.05) is 0 Å². The predicted octanol–water partition coefficient (Wildman–Crippen LogP) is 6.27. The van der Waals surface area contributed by atoms with E-state index in [1.807, 2.05) is 25.1 Å². The SMILES string of the molecule is CCC[C@H]1CC[C@H](c2ccc(-c3ccc(C)cn3)c(F)c2)CC1. The minimum absolute atomic E-state index is 0.144. The second-order valence-electron chi connectivity index (χ2n) is 6.97. The lowest BCUT2D eigenvalue weighted by Crippen LogP contribution is -2.13. The molecule has 2 heteroatoms. The molecule has 2 aromatic rings. The van der Waals surface area contributed by atoms with E-state index in [1.165, 1.54) is 38.5 Å². The molecule has 0 bridgehead atoms. The summed E-state index contributed by atoms with van der Waals surface area (Å²) in [4.78, 5) is 4.34. The first kappa shape index (κ1) is 16.2. The summed E-state index contributed by atoms with van der Waals surface area (Å²) in [5.41, 5.74) is 3.57. The Kier molecular flexibility index (Phi) is 5.09. The van der Waals surface area contributed by atoms with Gasteiger partial charge < -0.3 is 0 Å². The lowest BCUT2D eigenvalue weighted by Gasteiger charge is -2.28. The van der Waals surface area contributed by atoms with Crippen LogP contribution in [0.1, 0.15) is 62.5 Å². The number of nitrogens with zero attached hydrogens (tertiary/aromatic N) is 1. The molecule has 0 amide bonds.